The molecule has 0 saturated carbocycles. The smallest absolute Gasteiger partial charge is 0.0287 e. The van der Waals surface area contributed by atoms with Crippen LogP contribution >= 0.6 is 15.9 Å². The van der Waals surface area contributed by atoms with Gasteiger partial charge < -0.3 is 0 Å². The van der Waals surface area contributed by atoms with E-state index in [9.17, 15) is 0 Å². The van der Waals surface area contributed by atoms with Gasteiger partial charge >= 0.3 is 0 Å². The lowest BCUT2D eigenvalue weighted by molar-refractivity contribution is 1.23. The summed E-state index contributed by atoms with van der Waals surface area (Å²) < 4.78 is 0. The van der Waals surface area contributed by atoms with Crippen molar-refractivity contribution < 1.29 is 0 Å². The van der Waals surface area contributed by atoms with Gasteiger partial charge in [0.1, 0.15) is 0 Å². The Hall–Kier alpha value is 0. The van der Waals surface area contributed by atoms with Crippen LogP contribution in [0, 0.1) is 0 Å². The zero-order chi connectivity index (χ0) is 5.54. The number of rotatable bonds is 2. The summed E-state index contributed by atoms with van der Waals surface area (Å²) in [6.45, 7) is 2.09. The first-order chi connectivity index (χ1) is 3.41. The Morgan fingerprint density at radius 3 is 2.71 bits per heavy atom. The van der Waals surface area contributed by atoms with Gasteiger partial charge in [-0.2, -0.15) is 0 Å². The Labute approximate surface area is 53.1 Å². The third kappa shape index (κ3) is 6.00. The topological polar surface area (TPSA) is 0 Å². The van der Waals surface area contributed by atoms with Gasteiger partial charge in [-0.3, -0.25) is 0 Å². The second-order valence-corrected chi connectivity index (χ2v) is 1.78. The molecule has 0 rings (SSSR count). The van der Waals surface area contributed by atoms with Crippen molar-refractivity contribution in [3.63, 3.8) is 0 Å². The minimum Gasteiger partial charge on any atom is -0.129 e. The summed E-state index contributed by atoms with van der Waals surface area (Å²) in [5, 5.41) is 0.906. The lowest BCUT2D eigenvalue weighted by Crippen LogP contribution is -1.51. The van der Waals surface area contributed by atoms with E-state index in [0.717, 1.165) is 11.8 Å². The van der Waals surface area contributed by atoms with Gasteiger partial charge in [0.2, 0.25) is 0 Å². The maximum absolute atomic E-state index is 3.24. The normalized spacial score (nSPS) is 7.14. The molecule has 7 heavy (non-hydrogen) atoms. The van der Waals surface area contributed by atoms with E-state index in [2.05, 4.69) is 28.6 Å². The largest absolute Gasteiger partial charge is 0.129 e. The molecular formula is C6H9Br. The minimum absolute atomic E-state index is 0.906. The van der Waals surface area contributed by atoms with Gasteiger partial charge in [0, 0.05) is 5.33 Å². The van der Waals surface area contributed by atoms with Crippen LogP contribution < -0.4 is 0 Å². The van der Waals surface area contributed by atoms with E-state index in [-0.39, 0.29) is 0 Å². The average Bonchev–Trinajstić information content (AvgIpc) is 1.69. The van der Waals surface area contributed by atoms with E-state index in [4.69, 9.17) is 0 Å². The Kier molecular flexibility index (Phi) is 6.00. The van der Waals surface area contributed by atoms with E-state index >= 15 is 0 Å². The molecule has 0 aliphatic heterocycles. The highest BCUT2D eigenvalue weighted by Crippen LogP contribution is 1.79. The fraction of sp³-hybridized carbons (Fsp3) is 0.500. The summed E-state index contributed by atoms with van der Waals surface area (Å²) in [7, 11) is 0. The molecule has 0 saturated heterocycles. The van der Waals surface area contributed by atoms with Gasteiger partial charge in [-0.15, -0.1) is 5.73 Å². The molecule has 0 heterocycles. The lowest BCUT2D eigenvalue weighted by Gasteiger charge is -1.66. The molecule has 0 spiro atoms. The molecule has 0 bridgehead atoms. The SMILES string of the molecule is CCC=C=CCBr. The summed E-state index contributed by atoms with van der Waals surface area (Å²) in [5.41, 5.74) is 2.99. The van der Waals surface area contributed by atoms with Crippen molar-refractivity contribution >= 4 is 15.9 Å². The Morgan fingerprint density at radius 1 is 1.57 bits per heavy atom. The maximum Gasteiger partial charge on any atom is 0.0287 e. The summed E-state index contributed by atoms with van der Waals surface area (Å²) in [6.07, 6.45) is 5.02. The number of hydrogen-bond donors (Lipinski definition) is 0. The van der Waals surface area contributed by atoms with Gasteiger partial charge in [-0.25, -0.2) is 0 Å². The van der Waals surface area contributed by atoms with Crippen LogP contribution in [0.3, 0.4) is 0 Å². The standard InChI is InChI=1S/C6H9Br/c1-2-3-4-5-6-7/h3,5H,2,6H2,1H3. The number of halogens is 1. The van der Waals surface area contributed by atoms with Crippen LogP contribution in [0.4, 0.5) is 0 Å². The summed E-state index contributed by atoms with van der Waals surface area (Å²) in [6, 6.07) is 0. The molecule has 0 fully saturated rings. The number of alkyl halides is 1. The third-order valence-corrected chi connectivity index (χ3v) is 0.841. The van der Waals surface area contributed by atoms with Gasteiger partial charge in [-0.05, 0) is 18.6 Å². The van der Waals surface area contributed by atoms with E-state index in [1.807, 2.05) is 12.2 Å². The van der Waals surface area contributed by atoms with Crippen LogP contribution in [-0.2, 0) is 0 Å². The molecule has 0 aliphatic carbocycles. The Balaban J connectivity index is 3.21. The van der Waals surface area contributed by atoms with Crippen molar-refractivity contribution in [2.45, 2.75) is 13.3 Å². The molecule has 40 valence electrons. The first kappa shape index (κ1) is 7.00. The molecule has 0 unspecified atom stereocenters. The van der Waals surface area contributed by atoms with E-state index in [0.29, 0.717) is 0 Å². The first-order valence-electron chi connectivity index (χ1n) is 2.37. The highest BCUT2D eigenvalue weighted by Gasteiger charge is 1.58. The predicted octanol–water partition coefficient (Wildman–Crippen LogP) is 2.50. The van der Waals surface area contributed by atoms with Gasteiger partial charge in [0.25, 0.3) is 0 Å². The van der Waals surface area contributed by atoms with Crippen molar-refractivity contribution in [3.8, 4) is 0 Å². The molecule has 0 aromatic rings. The fourth-order valence-electron chi connectivity index (χ4n) is 0.246. The molecule has 0 amide bonds. The number of allylic oxidation sites excluding steroid dienone is 1. The second-order valence-electron chi connectivity index (χ2n) is 1.14. The van der Waals surface area contributed by atoms with Crippen molar-refractivity contribution in [1.82, 2.24) is 0 Å². The number of hydrogen-bond acceptors (Lipinski definition) is 0. The highest BCUT2D eigenvalue weighted by molar-refractivity contribution is 9.09. The molecule has 0 radical (unpaired) electrons. The second kappa shape index (κ2) is 6.00. The van der Waals surface area contributed by atoms with E-state index in [1.54, 1.807) is 0 Å². The van der Waals surface area contributed by atoms with Crippen LogP contribution in [0.5, 0.6) is 0 Å². The van der Waals surface area contributed by atoms with Crippen LogP contribution in [0.15, 0.2) is 17.9 Å². The van der Waals surface area contributed by atoms with Crippen LogP contribution in [0.1, 0.15) is 13.3 Å². The van der Waals surface area contributed by atoms with Gasteiger partial charge in [0.15, 0.2) is 0 Å². The highest BCUT2D eigenvalue weighted by atomic mass is 79.9. The molecule has 1 heteroatoms. The molecular weight excluding hydrogens is 152 g/mol. The fourth-order valence-corrected chi connectivity index (χ4v) is 0.433. The quantitative estimate of drug-likeness (QED) is 0.431. The predicted molar refractivity (Wildman–Crippen MR) is 36.7 cm³/mol. The zero-order valence-corrected chi connectivity index (χ0v) is 6.03. The molecule has 0 aromatic carbocycles. The Morgan fingerprint density at radius 2 is 2.29 bits per heavy atom. The van der Waals surface area contributed by atoms with Gasteiger partial charge in [0.05, 0.1) is 0 Å². The van der Waals surface area contributed by atoms with Crippen LogP contribution in [0.25, 0.3) is 0 Å². The van der Waals surface area contributed by atoms with Crippen molar-refractivity contribution in [1.29, 1.82) is 0 Å². The lowest BCUT2D eigenvalue weighted by atomic mass is 10.4. The molecule has 0 nitrogen and oxygen atoms in total. The monoisotopic (exact) mass is 160 g/mol. The minimum atomic E-state index is 0.906. The van der Waals surface area contributed by atoms with Gasteiger partial charge in [-0.1, -0.05) is 22.9 Å². The zero-order valence-electron chi connectivity index (χ0n) is 4.45. The Bertz CT molecular complexity index is 70.2. The van der Waals surface area contributed by atoms with Crippen molar-refractivity contribution in [2.75, 3.05) is 5.33 Å². The average molecular weight is 161 g/mol. The van der Waals surface area contributed by atoms with E-state index in [1.165, 1.54) is 0 Å². The third-order valence-electron chi connectivity index (χ3n) is 0.517. The molecule has 0 N–H and O–H groups in total. The molecule has 0 aromatic heterocycles. The summed E-state index contributed by atoms with van der Waals surface area (Å²) in [4.78, 5) is 0. The molecule has 0 atom stereocenters. The van der Waals surface area contributed by atoms with Crippen molar-refractivity contribution in [2.24, 2.45) is 0 Å². The summed E-state index contributed by atoms with van der Waals surface area (Å²) in [5.74, 6) is 0. The molecule has 0 aliphatic rings. The summed E-state index contributed by atoms with van der Waals surface area (Å²) >= 11 is 3.24. The van der Waals surface area contributed by atoms with Crippen molar-refractivity contribution in [3.05, 3.63) is 17.9 Å². The van der Waals surface area contributed by atoms with Crippen LogP contribution in [-0.4, -0.2) is 5.33 Å². The first-order valence-corrected chi connectivity index (χ1v) is 3.49. The van der Waals surface area contributed by atoms with E-state index < -0.39 is 0 Å². The van der Waals surface area contributed by atoms with Crippen LogP contribution in [0.2, 0.25) is 0 Å². The maximum atomic E-state index is 3.24.